The predicted octanol–water partition coefficient (Wildman–Crippen LogP) is 1.33. The maximum absolute atomic E-state index is 11.8. The number of hydrogen-bond donors (Lipinski definition) is 1. The molecule has 0 saturated heterocycles. The fourth-order valence-corrected chi connectivity index (χ4v) is 3.11. The molecule has 1 heterocycles. The summed E-state index contributed by atoms with van der Waals surface area (Å²) < 4.78 is 23.4. The number of carbonyl (C=O) groups is 1. The molecule has 17 heavy (non-hydrogen) atoms. The number of nitrogens with one attached hydrogen (secondary N) is 1. The molecule has 1 unspecified atom stereocenters. The van der Waals surface area contributed by atoms with Gasteiger partial charge in [-0.2, -0.15) is 0 Å². The lowest BCUT2D eigenvalue weighted by Crippen LogP contribution is -2.35. The van der Waals surface area contributed by atoms with Crippen molar-refractivity contribution in [2.24, 2.45) is 0 Å². The largest absolute Gasteiger partial charge is 0.345 e. The van der Waals surface area contributed by atoms with Crippen LogP contribution in [-0.2, 0) is 9.84 Å². The normalized spacial score (nSPS) is 21.4. The van der Waals surface area contributed by atoms with Crippen molar-refractivity contribution in [2.75, 3.05) is 5.75 Å². The Kier molecular flexibility index (Phi) is 3.53. The number of carbonyl (C=O) groups excluding carboxylic acids is 1. The topological polar surface area (TPSA) is 63.2 Å². The van der Waals surface area contributed by atoms with E-state index < -0.39 is 15.9 Å². The second-order valence-electron chi connectivity index (χ2n) is 3.74. The zero-order valence-electron chi connectivity index (χ0n) is 8.76. The molecule has 0 aliphatic carbocycles. The first-order chi connectivity index (χ1) is 7.96. The molecule has 0 aromatic heterocycles. The van der Waals surface area contributed by atoms with Crippen molar-refractivity contribution in [2.45, 2.75) is 6.04 Å². The second-order valence-corrected chi connectivity index (χ2v) is 6.92. The van der Waals surface area contributed by atoms with Crippen molar-refractivity contribution >= 4 is 38.3 Å². The molecule has 1 aromatic rings. The van der Waals surface area contributed by atoms with Crippen molar-refractivity contribution in [1.82, 2.24) is 5.32 Å². The fourth-order valence-electron chi connectivity index (χ4n) is 1.52. The lowest BCUT2D eigenvalue weighted by atomic mass is 10.2. The van der Waals surface area contributed by atoms with Gasteiger partial charge in [-0.25, -0.2) is 8.42 Å². The van der Waals surface area contributed by atoms with Gasteiger partial charge in [0.1, 0.15) is 0 Å². The number of rotatable bonds is 2. The van der Waals surface area contributed by atoms with Crippen LogP contribution < -0.4 is 5.32 Å². The number of halogens is 1. The Hall–Kier alpha value is -0.890. The van der Waals surface area contributed by atoms with Crippen molar-refractivity contribution in [1.29, 1.82) is 0 Å². The molecule has 90 valence electrons. The van der Waals surface area contributed by atoms with E-state index in [0.29, 0.717) is 5.56 Å². The minimum absolute atomic E-state index is 0.0525. The molecule has 1 amide bonds. The third kappa shape index (κ3) is 3.29. The van der Waals surface area contributed by atoms with Gasteiger partial charge in [0.15, 0.2) is 9.84 Å². The van der Waals surface area contributed by atoms with Gasteiger partial charge in [0.05, 0.1) is 11.8 Å². The SMILES string of the molecule is O=C(NC1C=CS(=O)(=O)C1)c1ccc(I)cc1. The average Bonchev–Trinajstić information content (AvgIpc) is 2.59. The van der Waals surface area contributed by atoms with Crippen LogP contribution in [0.15, 0.2) is 35.7 Å². The molecule has 1 aromatic carbocycles. The molecule has 1 N–H and O–H groups in total. The summed E-state index contributed by atoms with van der Waals surface area (Å²) in [6, 6.07) is 6.66. The Balaban J connectivity index is 2.04. The van der Waals surface area contributed by atoms with Gasteiger partial charge in [-0.3, -0.25) is 4.79 Å². The summed E-state index contributed by atoms with van der Waals surface area (Å²) in [4.78, 5) is 11.8. The molecule has 0 bridgehead atoms. The van der Waals surface area contributed by atoms with Gasteiger partial charge in [0, 0.05) is 14.5 Å². The standard InChI is InChI=1S/C11H10INO3S/c12-9-3-1-8(2-4-9)11(14)13-10-5-6-17(15,16)7-10/h1-6,10H,7H2,(H,13,14). The third-order valence-electron chi connectivity index (χ3n) is 2.35. The van der Waals surface area contributed by atoms with Crippen LogP contribution in [0.25, 0.3) is 0 Å². The van der Waals surface area contributed by atoms with Crippen LogP contribution in [0, 0.1) is 3.57 Å². The summed E-state index contributed by atoms with van der Waals surface area (Å²) in [6.45, 7) is 0. The zero-order valence-corrected chi connectivity index (χ0v) is 11.7. The molecule has 2 rings (SSSR count). The molecule has 1 aliphatic rings. The Labute approximate surface area is 113 Å². The monoisotopic (exact) mass is 363 g/mol. The molecule has 0 fully saturated rings. The van der Waals surface area contributed by atoms with E-state index in [1.165, 1.54) is 6.08 Å². The van der Waals surface area contributed by atoms with Gasteiger partial charge >= 0.3 is 0 Å². The molecule has 0 radical (unpaired) electrons. The van der Waals surface area contributed by atoms with Gasteiger partial charge in [-0.05, 0) is 52.9 Å². The van der Waals surface area contributed by atoms with Gasteiger partial charge in [-0.1, -0.05) is 0 Å². The molecule has 4 nitrogen and oxygen atoms in total. The summed E-state index contributed by atoms with van der Waals surface area (Å²) in [7, 11) is -3.13. The number of sulfone groups is 1. The first kappa shape index (κ1) is 12.6. The lowest BCUT2D eigenvalue weighted by Gasteiger charge is -2.09. The van der Waals surface area contributed by atoms with E-state index in [9.17, 15) is 13.2 Å². The van der Waals surface area contributed by atoms with E-state index in [0.717, 1.165) is 8.98 Å². The van der Waals surface area contributed by atoms with Crippen molar-refractivity contribution in [3.05, 3.63) is 44.9 Å². The third-order valence-corrected chi connectivity index (χ3v) is 4.47. The van der Waals surface area contributed by atoms with Crippen LogP contribution in [0.1, 0.15) is 10.4 Å². The van der Waals surface area contributed by atoms with E-state index in [4.69, 9.17) is 0 Å². The average molecular weight is 363 g/mol. The van der Waals surface area contributed by atoms with Gasteiger partial charge in [-0.15, -0.1) is 0 Å². The van der Waals surface area contributed by atoms with Crippen molar-refractivity contribution in [3.8, 4) is 0 Å². The van der Waals surface area contributed by atoms with Crippen LogP contribution in [0.5, 0.6) is 0 Å². The number of amides is 1. The van der Waals surface area contributed by atoms with Crippen molar-refractivity contribution < 1.29 is 13.2 Å². The number of benzene rings is 1. The molecule has 0 spiro atoms. The Bertz CT molecular complexity index is 563. The van der Waals surface area contributed by atoms with E-state index in [2.05, 4.69) is 27.9 Å². The van der Waals surface area contributed by atoms with Crippen LogP contribution in [0.2, 0.25) is 0 Å². The minimum Gasteiger partial charge on any atom is -0.345 e. The quantitative estimate of drug-likeness (QED) is 0.807. The summed E-state index contributed by atoms with van der Waals surface area (Å²) >= 11 is 2.15. The second kappa shape index (κ2) is 4.77. The highest BCUT2D eigenvalue weighted by Crippen LogP contribution is 2.10. The minimum atomic E-state index is -3.13. The Morgan fingerprint density at radius 3 is 2.47 bits per heavy atom. The van der Waals surface area contributed by atoms with E-state index in [1.54, 1.807) is 12.1 Å². The van der Waals surface area contributed by atoms with Crippen LogP contribution >= 0.6 is 22.6 Å². The number of hydrogen-bond acceptors (Lipinski definition) is 3. The first-order valence-electron chi connectivity index (χ1n) is 4.94. The van der Waals surface area contributed by atoms with E-state index >= 15 is 0 Å². The van der Waals surface area contributed by atoms with Crippen LogP contribution in [-0.4, -0.2) is 26.1 Å². The molecule has 1 aliphatic heterocycles. The predicted molar refractivity (Wildman–Crippen MR) is 73.3 cm³/mol. The highest BCUT2D eigenvalue weighted by Gasteiger charge is 2.23. The highest BCUT2D eigenvalue weighted by atomic mass is 127. The highest BCUT2D eigenvalue weighted by molar-refractivity contribution is 14.1. The summed E-state index contributed by atoms with van der Waals surface area (Å²) in [5, 5.41) is 3.81. The summed E-state index contributed by atoms with van der Waals surface area (Å²) in [6.07, 6.45) is 1.50. The fraction of sp³-hybridized carbons (Fsp3) is 0.182. The Morgan fingerprint density at radius 2 is 1.94 bits per heavy atom. The lowest BCUT2D eigenvalue weighted by molar-refractivity contribution is 0.0947. The van der Waals surface area contributed by atoms with E-state index in [1.807, 2.05) is 12.1 Å². The summed E-state index contributed by atoms with van der Waals surface area (Å²) in [5.41, 5.74) is 0.531. The van der Waals surface area contributed by atoms with Crippen LogP contribution in [0.4, 0.5) is 0 Å². The van der Waals surface area contributed by atoms with Gasteiger partial charge in [0.2, 0.25) is 0 Å². The molecular formula is C11H10INO3S. The molecule has 0 saturated carbocycles. The smallest absolute Gasteiger partial charge is 0.251 e. The maximum Gasteiger partial charge on any atom is 0.251 e. The Morgan fingerprint density at radius 1 is 1.29 bits per heavy atom. The summed E-state index contributed by atoms with van der Waals surface area (Å²) in [5.74, 6) is -0.309. The molecule has 6 heteroatoms. The van der Waals surface area contributed by atoms with Crippen LogP contribution in [0.3, 0.4) is 0 Å². The van der Waals surface area contributed by atoms with Crippen molar-refractivity contribution in [3.63, 3.8) is 0 Å². The zero-order chi connectivity index (χ0) is 12.5. The molecule has 1 atom stereocenters. The van der Waals surface area contributed by atoms with Gasteiger partial charge in [0.25, 0.3) is 5.91 Å². The van der Waals surface area contributed by atoms with E-state index in [-0.39, 0.29) is 11.7 Å². The molecular weight excluding hydrogens is 353 g/mol. The maximum atomic E-state index is 11.8. The van der Waals surface area contributed by atoms with Gasteiger partial charge < -0.3 is 5.32 Å². The first-order valence-corrected chi connectivity index (χ1v) is 7.73.